The Labute approximate surface area is 82.7 Å². The lowest BCUT2D eigenvalue weighted by Gasteiger charge is -2.20. The lowest BCUT2D eigenvalue weighted by Crippen LogP contribution is -2.31. The number of hydrogen-bond donors (Lipinski definition) is 1. The smallest absolute Gasteiger partial charge is 0.122 e. The lowest BCUT2D eigenvalue weighted by molar-refractivity contribution is 0.150. The van der Waals surface area contributed by atoms with E-state index in [0.717, 1.165) is 37.3 Å². The van der Waals surface area contributed by atoms with Crippen molar-refractivity contribution in [2.75, 3.05) is 13.2 Å². The molecule has 2 heterocycles. The number of aryl methyl sites for hydroxylation is 1. The summed E-state index contributed by atoms with van der Waals surface area (Å²) in [6.07, 6.45) is 2.22. The van der Waals surface area contributed by atoms with E-state index in [1.807, 2.05) is 6.92 Å². The third-order valence-electron chi connectivity index (χ3n) is 2.81. The summed E-state index contributed by atoms with van der Waals surface area (Å²) in [5, 5.41) is 16.7. The topological polar surface area (TPSA) is 62.4 Å². The van der Waals surface area contributed by atoms with Gasteiger partial charge in [0, 0.05) is 12.6 Å². The molecule has 1 aromatic heterocycles. The molecule has 0 radical (unpaired) electrons. The first-order chi connectivity index (χ1) is 6.81. The molecule has 0 saturated carbocycles. The van der Waals surface area contributed by atoms with Crippen LogP contribution in [0.5, 0.6) is 0 Å². The second kappa shape index (κ2) is 4.06. The number of aliphatic hydroxyl groups excluding tert-OH is 1. The van der Waals surface area contributed by atoms with Gasteiger partial charge in [0.05, 0.1) is 6.61 Å². The molecule has 2 rings (SSSR count). The highest BCUT2D eigenvalue weighted by Crippen LogP contribution is 2.19. The van der Waals surface area contributed by atoms with E-state index in [2.05, 4.69) is 19.8 Å². The maximum Gasteiger partial charge on any atom is 0.122 e. The van der Waals surface area contributed by atoms with Crippen molar-refractivity contribution in [3.63, 3.8) is 0 Å². The molecular formula is C9H15N3O2. The van der Waals surface area contributed by atoms with Crippen LogP contribution in [0.15, 0.2) is 4.63 Å². The zero-order chi connectivity index (χ0) is 9.97. The number of aromatic nitrogens is 2. The van der Waals surface area contributed by atoms with E-state index in [1.165, 1.54) is 0 Å². The SMILES string of the molecule is Cc1nonc1CN1CCC[C@@H]1CO. The summed E-state index contributed by atoms with van der Waals surface area (Å²) in [6, 6.07) is 0.283. The first-order valence-electron chi connectivity index (χ1n) is 4.94. The molecule has 0 aliphatic carbocycles. The molecule has 78 valence electrons. The van der Waals surface area contributed by atoms with Crippen LogP contribution in [-0.2, 0) is 6.54 Å². The normalized spacial score (nSPS) is 23.1. The second-order valence-electron chi connectivity index (χ2n) is 3.75. The van der Waals surface area contributed by atoms with E-state index >= 15 is 0 Å². The highest BCUT2D eigenvalue weighted by atomic mass is 16.6. The van der Waals surface area contributed by atoms with E-state index < -0.39 is 0 Å². The average Bonchev–Trinajstić information content (AvgIpc) is 2.77. The van der Waals surface area contributed by atoms with Crippen molar-refractivity contribution in [1.82, 2.24) is 15.2 Å². The quantitative estimate of drug-likeness (QED) is 0.756. The molecule has 1 aromatic rings. The molecule has 0 amide bonds. The largest absolute Gasteiger partial charge is 0.395 e. The molecular weight excluding hydrogens is 182 g/mol. The molecule has 0 aromatic carbocycles. The van der Waals surface area contributed by atoms with Gasteiger partial charge in [-0.3, -0.25) is 4.90 Å². The molecule has 14 heavy (non-hydrogen) atoms. The van der Waals surface area contributed by atoms with Crippen molar-refractivity contribution < 1.29 is 9.74 Å². The number of hydrogen-bond acceptors (Lipinski definition) is 5. The number of likely N-dealkylation sites (tertiary alicyclic amines) is 1. The first-order valence-corrected chi connectivity index (χ1v) is 4.94. The molecule has 5 heteroatoms. The van der Waals surface area contributed by atoms with Crippen LogP contribution in [0.25, 0.3) is 0 Å². The van der Waals surface area contributed by atoms with Crippen LogP contribution in [0, 0.1) is 6.92 Å². The van der Waals surface area contributed by atoms with Crippen LogP contribution in [0.1, 0.15) is 24.2 Å². The molecule has 1 aliphatic rings. The standard InChI is InChI=1S/C9H15N3O2/c1-7-9(11-14-10-7)5-12-4-2-3-8(12)6-13/h8,13H,2-6H2,1H3/t8-/m1/s1. The summed E-state index contributed by atoms with van der Waals surface area (Å²) in [5.74, 6) is 0. The Bertz CT molecular complexity index is 300. The van der Waals surface area contributed by atoms with E-state index in [-0.39, 0.29) is 12.6 Å². The van der Waals surface area contributed by atoms with E-state index in [1.54, 1.807) is 0 Å². The Kier molecular flexibility index (Phi) is 2.79. The van der Waals surface area contributed by atoms with Gasteiger partial charge < -0.3 is 5.11 Å². The predicted octanol–water partition coefficient (Wildman–Crippen LogP) is 0.335. The van der Waals surface area contributed by atoms with Gasteiger partial charge in [-0.1, -0.05) is 10.3 Å². The second-order valence-corrected chi connectivity index (χ2v) is 3.75. The summed E-state index contributed by atoms with van der Waals surface area (Å²) in [7, 11) is 0. The maximum atomic E-state index is 9.13. The van der Waals surface area contributed by atoms with Crippen LogP contribution in [-0.4, -0.2) is 39.5 Å². The van der Waals surface area contributed by atoms with Crippen LogP contribution < -0.4 is 0 Å². The molecule has 0 unspecified atom stereocenters. The Hall–Kier alpha value is -0.940. The Morgan fingerprint density at radius 1 is 1.57 bits per heavy atom. The van der Waals surface area contributed by atoms with Crippen molar-refractivity contribution in [2.45, 2.75) is 32.4 Å². The van der Waals surface area contributed by atoms with Crippen molar-refractivity contribution in [2.24, 2.45) is 0 Å². The average molecular weight is 197 g/mol. The predicted molar refractivity (Wildman–Crippen MR) is 49.6 cm³/mol. The fourth-order valence-corrected chi connectivity index (χ4v) is 1.90. The van der Waals surface area contributed by atoms with Gasteiger partial charge in [-0.25, -0.2) is 4.63 Å². The minimum atomic E-state index is 0.227. The molecule has 0 bridgehead atoms. The van der Waals surface area contributed by atoms with Crippen LogP contribution in [0.3, 0.4) is 0 Å². The first kappa shape index (κ1) is 9.61. The van der Waals surface area contributed by atoms with Gasteiger partial charge in [0.25, 0.3) is 0 Å². The summed E-state index contributed by atoms with van der Waals surface area (Å²) in [4.78, 5) is 2.23. The maximum absolute atomic E-state index is 9.13. The van der Waals surface area contributed by atoms with Gasteiger partial charge in [-0.2, -0.15) is 0 Å². The van der Waals surface area contributed by atoms with Gasteiger partial charge in [0.15, 0.2) is 0 Å². The summed E-state index contributed by atoms with van der Waals surface area (Å²) in [6.45, 7) is 3.87. The van der Waals surface area contributed by atoms with Crippen molar-refractivity contribution in [1.29, 1.82) is 0 Å². The van der Waals surface area contributed by atoms with Crippen LogP contribution in [0.4, 0.5) is 0 Å². The zero-order valence-corrected chi connectivity index (χ0v) is 8.31. The number of nitrogens with zero attached hydrogens (tertiary/aromatic N) is 3. The molecule has 5 nitrogen and oxygen atoms in total. The lowest BCUT2D eigenvalue weighted by atomic mass is 10.2. The van der Waals surface area contributed by atoms with Gasteiger partial charge >= 0.3 is 0 Å². The summed E-state index contributed by atoms with van der Waals surface area (Å²) >= 11 is 0. The molecule has 1 N–H and O–H groups in total. The van der Waals surface area contributed by atoms with Crippen LogP contribution >= 0.6 is 0 Å². The monoisotopic (exact) mass is 197 g/mol. The zero-order valence-electron chi connectivity index (χ0n) is 8.31. The van der Waals surface area contributed by atoms with E-state index in [4.69, 9.17) is 5.11 Å². The third-order valence-corrected chi connectivity index (χ3v) is 2.81. The van der Waals surface area contributed by atoms with Crippen molar-refractivity contribution >= 4 is 0 Å². The minimum absolute atomic E-state index is 0.227. The number of aliphatic hydroxyl groups is 1. The van der Waals surface area contributed by atoms with E-state index in [9.17, 15) is 0 Å². The fourth-order valence-electron chi connectivity index (χ4n) is 1.90. The molecule has 1 saturated heterocycles. The Morgan fingerprint density at radius 2 is 2.43 bits per heavy atom. The molecule has 1 atom stereocenters. The fraction of sp³-hybridized carbons (Fsp3) is 0.778. The highest BCUT2D eigenvalue weighted by molar-refractivity contribution is 5.05. The molecule has 1 fully saturated rings. The van der Waals surface area contributed by atoms with Crippen molar-refractivity contribution in [3.8, 4) is 0 Å². The molecule has 1 aliphatic heterocycles. The van der Waals surface area contributed by atoms with Gasteiger partial charge in [0.1, 0.15) is 11.4 Å². The third kappa shape index (κ3) is 1.78. The van der Waals surface area contributed by atoms with Crippen molar-refractivity contribution in [3.05, 3.63) is 11.4 Å². The van der Waals surface area contributed by atoms with Gasteiger partial charge in [-0.05, 0) is 26.3 Å². The number of rotatable bonds is 3. The van der Waals surface area contributed by atoms with Gasteiger partial charge in [0.2, 0.25) is 0 Å². The Morgan fingerprint density at radius 3 is 3.07 bits per heavy atom. The van der Waals surface area contributed by atoms with Gasteiger partial charge in [-0.15, -0.1) is 0 Å². The summed E-state index contributed by atoms with van der Waals surface area (Å²) in [5.41, 5.74) is 1.72. The molecule has 0 spiro atoms. The van der Waals surface area contributed by atoms with E-state index in [0.29, 0.717) is 0 Å². The minimum Gasteiger partial charge on any atom is -0.395 e. The Balaban J connectivity index is 2.00. The highest BCUT2D eigenvalue weighted by Gasteiger charge is 2.25. The summed E-state index contributed by atoms with van der Waals surface area (Å²) < 4.78 is 4.64. The van der Waals surface area contributed by atoms with Crippen LogP contribution in [0.2, 0.25) is 0 Å².